The summed E-state index contributed by atoms with van der Waals surface area (Å²) in [5, 5.41) is 2.73. The van der Waals surface area contributed by atoms with Crippen molar-refractivity contribution >= 4 is 29.4 Å². The lowest BCUT2D eigenvalue weighted by Crippen LogP contribution is -2.44. The van der Waals surface area contributed by atoms with Gasteiger partial charge in [0.15, 0.2) is 0 Å². The first-order valence-corrected chi connectivity index (χ1v) is 9.69. The van der Waals surface area contributed by atoms with Crippen molar-refractivity contribution in [2.75, 3.05) is 11.9 Å². The zero-order valence-electron chi connectivity index (χ0n) is 16.3. The Morgan fingerprint density at radius 3 is 2.67 bits per heavy atom. The highest BCUT2D eigenvalue weighted by Crippen LogP contribution is 2.38. The second-order valence-corrected chi connectivity index (χ2v) is 6.96. The fourth-order valence-corrected chi connectivity index (χ4v) is 3.78. The van der Waals surface area contributed by atoms with Crippen molar-refractivity contribution in [3.8, 4) is 0 Å². The first-order chi connectivity index (χ1) is 14.5. The van der Waals surface area contributed by atoms with Gasteiger partial charge in [-0.05, 0) is 31.5 Å². The molecule has 4 rings (SSSR count). The number of anilines is 1. The van der Waals surface area contributed by atoms with E-state index in [2.05, 4.69) is 5.32 Å². The second kappa shape index (κ2) is 7.98. The molecular weight excluding hydrogens is 388 g/mol. The van der Waals surface area contributed by atoms with E-state index in [4.69, 9.17) is 9.47 Å². The molecule has 2 aliphatic rings. The molecule has 2 aromatic rings. The standard InChI is InChI=1S/C22H20N2O6/c1-2-29-21(27)15-9-5-6-10-16(15)23-19(26)17-11-12-18(25)24(17)20-13-7-3-4-8-14(13)22(28)30-20/h3-10,17,20H,2,11-12H2,1H3,(H,23,26). The van der Waals surface area contributed by atoms with Crippen LogP contribution < -0.4 is 5.32 Å². The van der Waals surface area contributed by atoms with Crippen LogP contribution in [-0.2, 0) is 19.1 Å². The molecule has 30 heavy (non-hydrogen) atoms. The largest absolute Gasteiger partial charge is 0.462 e. The van der Waals surface area contributed by atoms with Crippen molar-refractivity contribution < 1.29 is 28.7 Å². The SMILES string of the molecule is CCOC(=O)c1ccccc1NC(=O)C1CCC(=O)N1C1OC(=O)c2ccccc21. The molecule has 0 aromatic heterocycles. The van der Waals surface area contributed by atoms with Crippen LogP contribution in [0.2, 0.25) is 0 Å². The highest BCUT2D eigenvalue weighted by molar-refractivity contribution is 6.04. The summed E-state index contributed by atoms with van der Waals surface area (Å²) in [6.45, 7) is 1.90. The van der Waals surface area contributed by atoms with Gasteiger partial charge in [-0.3, -0.25) is 14.5 Å². The number of likely N-dealkylation sites (tertiary alicyclic amines) is 1. The number of hydrogen-bond donors (Lipinski definition) is 1. The Hall–Kier alpha value is -3.68. The summed E-state index contributed by atoms with van der Waals surface area (Å²) in [5.41, 5.74) is 1.46. The lowest BCUT2D eigenvalue weighted by molar-refractivity contribution is -0.144. The van der Waals surface area contributed by atoms with Gasteiger partial charge in [-0.15, -0.1) is 0 Å². The van der Waals surface area contributed by atoms with Crippen LogP contribution in [0.3, 0.4) is 0 Å². The topological polar surface area (TPSA) is 102 Å². The number of benzene rings is 2. The Balaban J connectivity index is 1.59. The van der Waals surface area contributed by atoms with Crippen LogP contribution in [-0.4, -0.2) is 41.3 Å². The van der Waals surface area contributed by atoms with Crippen molar-refractivity contribution in [3.63, 3.8) is 0 Å². The Labute approximate surface area is 172 Å². The highest BCUT2D eigenvalue weighted by atomic mass is 16.6. The molecule has 8 nitrogen and oxygen atoms in total. The number of carbonyl (C=O) groups excluding carboxylic acids is 4. The van der Waals surface area contributed by atoms with Gasteiger partial charge in [0.05, 0.1) is 23.4 Å². The molecule has 1 fully saturated rings. The number of fused-ring (bicyclic) bond motifs is 1. The third-order valence-electron chi connectivity index (χ3n) is 5.16. The summed E-state index contributed by atoms with van der Waals surface area (Å²) >= 11 is 0. The molecule has 0 spiro atoms. The van der Waals surface area contributed by atoms with Gasteiger partial charge in [-0.2, -0.15) is 0 Å². The Morgan fingerprint density at radius 1 is 1.13 bits per heavy atom. The highest BCUT2D eigenvalue weighted by Gasteiger charge is 2.46. The molecule has 0 saturated carbocycles. The van der Waals surface area contributed by atoms with E-state index < -0.39 is 30.1 Å². The van der Waals surface area contributed by atoms with E-state index in [-0.39, 0.29) is 30.9 Å². The number of para-hydroxylation sites is 1. The number of cyclic esters (lactones) is 1. The van der Waals surface area contributed by atoms with Gasteiger partial charge in [0.1, 0.15) is 6.04 Å². The van der Waals surface area contributed by atoms with Gasteiger partial charge in [0.2, 0.25) is 18.0 Å². The third-order valence-corrected chi connectivity index (χ3v) is 5.16. The number of ether oxygens (including phenoxy) is 2. The third kappa shape index (κ3) is 3.41. The average Bonchev–Trinajstić information content (AvgIpc) is 3.28. The molecular formula is C22H20N2O6. The molecule has 0 radical (unpaired) electrons. The molecule has 0 aliphatic carbocycles. The molecule has 8 heteroatoms. The predicted molar refractivity (Wildman–Crippen MR) is 105 cm³/mol. The summed E-state index contributed by atoms with van der Waals surface area (Å²) in [6, 6.07) is 12.5. The van der Waals surface area contributed by atoms with Crippen molar-refractivity contribution in [2.45, 2.75) is 32.0 Å². The van der Waals surface area contributed by atoms with Gasteiger partial charge < -0.3 is 14.8 Å². The Kier molecular flexibility index (Phi) is 5.22. The first kappa shape index (κ1) is 19.6. The van der Waals surface area contributed by atoms with Gasteiger partial charge in [0.25, 0.3) is 0 Å². The molecule has 2 aliphatic heterocycles. The maximum absolute atomic E-state index is 13.1. The average molecular weight is 408 g/mol. The van der Waals surface area contributed by atoms with Crippen LogP contribution in [0.1, 0.15) is 52.3 Å². The molecule has 2 aromatic carbocycles. The van der Waals surface area contributed by atoms with E-state index in [0.29, 0.717) is 16.8 Å². The first-order valence-electron chi connectivity index (χ1n) is 9.69. The Bertz CT molecular complexity index is 1030. The van der Waals surface area contributed by atoms with Crippen molar-refractivity contribution in [3.05, 3.63) is 65.2 Å². The summed E-state index contributed by atoms with van der Waals surface area (Å²) in [6.07, 6.45) is -0.504. The zero-order chi connectivity index (χ0) is 21.3. The van der Waals surface area contributed by atoms with E-state index in [1.54, 1.807) is 55.5 Å². The normalized spacial score (nSPS) is 20.0. The molecule has 0 bridgehead atoms. The van der Waals surface area contributed by atoms with Crippen molar-refractivity contribution in [1.82, 2.24) is 4.90 Å². The monoisotopic (exact) mass is 408 g/mol. The maximum Gasteiger partial charge on any atom is 0.340 e. The quantitative estimate of drug-likeness (QED) is 0.763. The summed E-state index contributed by atoms with van der Waals surface area (Å²) < 4.78 is 10.5. The Morgan fingerprint density at radius 2 is 1.87 bits per heavy atom. The minimum atomic E-state index is -0.945. The number of carbonyl (C=O) groups is 4. The van der Waals surface area contributed by atoms with Gasteiger partial charge in [0, 0.05) is 12.0 Å². The summed E-state index contributed by atoms with van der Waals surface area (Å²) in [7, 11) is 0. The van der Waals surface area contributed by atoms with E-state index >= 15 is 0 Å². The summed E-state index contributed by atoms with van der Waals surface area (Å²) in [5.74, 6) is -1.81. The van der Waals surface area contributed by atoms with E-state index in [0.717, 1.165) is 0 Å². The van der Waals surface area contributed by atoms with Gasteiger partial charge in [-0.25, -0.2) is 9.59 Å². The van der Waals surface area contributed by atoms with E-state index in [9.17, 15) is 19.2 Å². The molecule has 2 heterocycles. The van der Waals surface area contributed by atoms with Crippen LogP contribution in [0.15, 0.2) is 48.5 Å². The van der Waals surface area contributed by atoms with E-state index in [1.807, 2.05) is 0 Å². The number of nitrogens with zero attached hydrogens (tertiary/aromatic N) is 1. The van der Waals surface area contributed by atoms with Crippen LogP contribution in [0, 0.1) is 0 Å². The molecule has 2 unspecified atom stereocenters. The lowest BCUT2D eigenvalue weighted by atomic mass is 10.1. The van der Waals surface area contributed by atoms with Crippen LogP contribution in [0.25, 0.3) is 0 Å². The number of rotatable bonds is 5. The predicted octanol–water partition coefficient (Wildman–Crippen LogP) is 2.66. The number of nitrogens with one attached hydrogen (secondary N) is 1. The fourth-order valence-electron chi connectivity index (χ4n) is 3.78. The van der Waals surface area contributed by atoms with E-state index in [1.165, 1.54) is 4.90 Å². The van der Waals surface area contributed by atoms with Crippen molar-refractivity contribution in [2.24, 2.45) is 0 Å². The zero-order valence-corrected chi connectivity index (χ0v) is 16.3. The second-order valence-electron chi connectivity index (χ2n) is 6.96. The number of esters is 2. The van der Waals surface area contributed by atoms with Crippen molar-refractivity contribution in [1.29, 1.82) is 0 Å². The lowest BCUT2D eigenvalue weighted by Gasteiger charge is -2.29. The fraction of sp³-hybridized carbons (Fsp3) is 0.273. The molecule has 154 valence electrons. The maximum atomic E-state index is 13.1. The van der Waals surface area contributed by atoms with Crippen LogP contribution in [0.4, 0.5) is 5.69 Å². The number of hydrogen-bond acceptors (Lipinski definition) is 6. The van der Waals surface area contributed by atoms with Gasteiger partial charge >= 0.3 is 11.9 Å². The minimum Gasteiger partial charge on any atom is -0.462 e. The van der Waals surface area contributed by atoms with Crippen LogP contribution >= 0.6 is 0 Å². The molecule has 1 N–H and O–H groups in total. The molecule has 2 amide bonds. The smallest absolute Gasteiger partial charge is 0.340 e. The summed E-state index contributed by atoms with van der Waals surface area (Å²) in [4.78, 5) is 51.3. The minimum absolute atomic E-state index is 0.161. The van der Waals surface area contributed by atoms with Gasteiger partial charge in [-0.1, -0.05) is 30.3 Å². The number of amides is 2. The molecule has 1 saturated heterocycles. The molecule has 2 atom stereocenters. The van der Waals surface area contributed by atoms with Crippen LogP contribution in [0.5, 0.6) is 0 Å².